The van der Waals surface area contributed by atoms with E-state index in [1.807, 2.05) is 0 Å². The average molecular weight is 213 g/mol. The monoisotopic (exact) mass is 213 g/mol. The smallest absolute Gasteiger partial charge is 0.320 e. The first-order valence-electron chi connectivity index (χ1n) is 3.19. The van der Waals surface area contributed by atoms with E-state index in [1.165, 1.54) is 0 Å². The van der Waals surface area contributed by atoms with Crippen molar-refractivity contribution in [1.82, 2.24) is 5.32 Å². The molecule has 0 aromatic rings. The van der Waals surface area contributed by atoms with E-state index in [9.17, 15) is 4.79 Å². The van der Waals surface area contributed by atoms with Crippen LogP contribution in [0.3, 0.4) is 0 Å². The molecular weight excluding hydrogens is 200 g/mol. The van der Waals surface area contributed by atoms with Crippen LogP contribution in [-0.2, 0) is 4.79 Å². The van der Waals surface area contributed by atoms with Crippen molar-refractivity contribution in [3.05, 3.63) is 0 Å². The first-order chi connectivity index (χ1) is 5.22. The van der Waals surface area contributed by atoms with Crippen molar-refractivity contribution in [2.24, 2.45) is 0 Å². The van der Waals surface area contributed by atoms with Crippen LogP contribution in [0.5, 0.6) is 0 Å². The third kappa shape index (κ3) is 5.86. The molecule has 0 aromatic carbocycles. The fraction of sp³-hybridized carbons (Fsp3) is 0.800. The summed E-state index contributed by atoms with van der Waals surface area (Å²) >= 11 is 1.76. The fourth-order valence-corrected chi connectivity index (χ4v) is 2.87. The summed E-state index contributed by atoms with van der Waals surface area (Å²) in [5.41, 5.74) is 0. The van der Waals surface area contributed by atoms with Gasteiger partial charge in [0, 0.05) is 0 Å². The molecule has 0 fully saturated rings. The molecule has 66 valence electrons. The molecule has 11 heavy (non-hydrogen) atoms. The Morgan fingerprint density at radius 2 is 2.55 bits per heavy atom. The van der Waals surface area contributed by atoms with Gasteiger partial charge < -0.3 is 10.4 Å². The topological polar surface area (TPSA) is 49.3 Å². The minimum atomic E-state index is -0.764. The second kappa shape index (κ2) is 7.30. The Labute approximate surface area is 74.7 Å². The first-order valence-corrected chi connectivity index (χ1v) is 7.71. The molecular formula is C5H13NO2P2S. The van der Waals surface area contributed by atoms with Crippen LogP contribution in [0.1, 0.15) is 6.42 Å². The Bertz CT molecular complexity index is 125. The molecule has 0 bridgehead atoms. The molecule has 0 rings (SSSR count). The number of carboxylic acid groups (broad SMARTS) is 1. The second-order valence-electron chi connectivity index (χ2n) is 1.93. The highest BCUT2D eigenvalue weighted by atomic mass is 32.9. The van der Waals surface area contributed by atoms with Crippen molar-refractivity contribution in [2.75, 3.05) is 12.8 Å². The van der Waals surface area contributed by atoms with E-state index < -0.39 is 5.97 Å². The number of aliphatic carboxylic acids is 1. The van der Waals surface area contributed by atoms with Crippen molar-refractivity contribution >= 4 is 33.8 Å². The van der Waals surface area contributed by atoms with Crippen LogP contribution >= 0.6 is 27.8 Å². The van der Waals surface area contributed by atoms with Gasteiger partial charge in [-0.15, -0.1) is 20.3 Å². The molecule has 0 aromatic heterocycles. The molecule has 0 saturated carbocycles. The summed E-state index contributed by atoms with van der Waals surface area (Å²) in [6.45, 7) is 0. The normalized spacial score (nSPS) is 14.0. The van der Waals surface area contributed by atoms with Crippen LogP contribution in [0.4, 0.5) is 0 Å². The van der Waals surface area contributed by atoms with Gasteiger partial charge in [-0.3, -0.25) is 4.79 Å². The molecule has 0 spiro atoms. The van der Waals surface area contributed by atoms with Gasteiger partial charge in [0.25, 0.3) is 0 Å². The Morgan fingerprint density at radius 1 is 1.91 bits per heavy atom. The van der Waals surface area contributed by atoms with Crippen LogP contribution in [0.15, 0.2) is 0 Å². The molecule has 0 aliphatic rings. The molecule has 3 nitrogen and oxygen atoms in total. The average Bonchev–Trinajstić information content (AvgIpc) is 1.97. The molecule has 6 heteroatoms. The lowest BCUT2D eigenvalue weighted by Gasteiger charge is -2.09. The minimum absolute atomic E-state index is 0.385. The summed E-state index contributed by atoms with van der Waals surface area (Å²) in [4.78, 5) is 10.5. The van der Waals surface area contributed by atoms with Crippen molar-refractivity contribution in [3.8, 4) is 0 Å². The lowest BCUT2D eigenvalue weighted by Crippen LogP contribution is -2.34. The largest absolute Gasteiger partial charge is 0.480 e. The maximum atomic E-state index is 10.5. The maximum Gasteiger partial charge on any atom is 0.320 e. The standard InChI is InChI=1S/C5H13NO2P2S/c1-6-4(5(7)8)2-3-11-10-9/h4,6,10H,2-3,9H2,1H3,(H,7,8)/t4-/m0/s1. The molecule has 2 N–H and O–H groups in total. The zero-order valence-corrected chi connectivity index (χ0v) is 9.30. The van der Waals surface area contributed by atoms with Crippen LogP contribution in [-0.4, -0.2) is 29.9 Å². The van der Waals surface area contributed by atoms with Gasteiger partial charge in [-0.05, 0) is 26.7 Å². The molecule has 0 aliphatic carbocycles. The fourth-order valence-electron chi connectivity index (χ4n) is 0.627. The van der Waals surface area contributed by atoms with Crippen molar-refractivity contribution in [3.63, 3.8) is 0 Å². The van der Waals surface area contributed by atoms with E-state index in [2.05, 4.69) is 14.2 Å². The molecule has 0 amide bonds. The number of carboxylic acids is 1. The summed E-state index contributed by atoms with van der Waals surface area (Å²) in [6.07, 6.45) is 0.692. The quantitative estimate of drug-likeness (QED) is 0.513. The van der Waals surface area contributed by atoms with Crippen LogP contribution in [0.2, 0.25) is 0 Å². The molecule has 2 unspecified atom stereocenters. The Balaban J connectivity index is 3.44. The highest BCUT2D eigenvalue weighted by molar-refractivity contribution is 8.64. The zero-order chi connectivity index (χ0) is 8.69. The van der Waals surface area contributed by atoms with E-state index in [4.69, 9.17) is 5.11 Å². The van der Waals surface area contributed by atoms with Gasteiger partial charge in [-0.2, -0.15) is 0 Å². The number of nitrogens with one attached hydrogen (secondary N) is 1. The number of rotatable bonds is 6. The van der Waals surface area contributed by atoms with Gasteiger partial charge in [0.15, 0.2) is 0 Å². The summed E-state index contributed by atoms with van der Waals surface area (Å²) < 4.78 is 0. The lowest BCUT2D eigenvalue weighted by atomic mass is 10.2. The van der Waals surface area contributed by atoms with Crippen LogP contribution in [0, 0.1) is 0 Å². The zero-order valence-electron chi connectivity index (χ0n) is 6.33. The highest BCUT2D eigenvalue weighted by Gasteiger charge is 2.13. The summed E-state index contributed by atoms with van der Waals surface area (Å²) in [7, 11) is 5.06. The first kappa shape index (κ1) is 11.6. The predicted molar refractivity (Wildman–Crippen MR) is 55.6 cm³/mol. The Morgan fingerprint density at radius 3 is 2.91 bits per heavy atom. The van der Waals surface area contributed by atoms with Gasteiger partial charge in [0.1, 0.15) is 6.04 Å². The van der Waals surface area contributed by atoms with Crippen molar-refractivity contribution < 1.29 is 9.90 Å². The summed E-state index contributed by atoms with van der Waals surface area (Å²) in [5.74, 6) is 0.139. The second-order valence-corrected chi connectivity index (χ2v) is 6.56. The van der Waals surface area contributed by atoms with Gasteiger partial charge in [-0.25, -0.2) is 0 Å². The minimum Gasteiger partial charge on any atom is -0.480 e. The molecule has 0 heterocycles. The number of hydrogen-bond donors (Lipinski definition) is 2. The Kier molecular flexibility index (Phi) is 7.72. The highest BCUT2D eigenvalue weighted by Crippen LogP contribution is 2.36. The summed E-state index contributed by atoms with van der Waals surface area (Å²) in [6, 6.07) is -0.385. The Hall–Kier alpha value is 0.640. The van der Waals surface area contributed by atoms with Gasteiger partial charge in [-0.1, -0.05) is 0 Å². The molecule has 3 atom stereocenters. The van der Waals surface area contributed by atoms with E-state index >= 15 is 0 Å². The maximum absolute atomic E-state index is 10.5. The lowest BCUT2D eigenvalue weighted by molar-refractivity contribution is -0.139. The number of carbonyl (C=O) groups is 1. The predicted octanol–water partition coefficient (Wildman–Crippen LogP) is 1.17. The van der Waals surface area contributed by atoms with Crippen molar-refractivity contribution in [1.29, 1.82) is 0 Å². The summed E-state index contributed by atoms with van der Waals surface area (Å²) in [5, 5.41) is 11.3. The van der Waals surface area contributed by atoms with Gasteiger partial charge in [0.05, 0.1) is 0 Å². The molecule has 0 aliphatic heterocycles. The third-order valence-corrected chi connectivity index (χ3v) is 4.46. The van der Waals surface area contributed by atoms with E-state index in [0.29, 0.717) is 6.42 Å². The van der Waals surface area contributed by atoms with Gasteiger partial charge >= 0.3 is 5.97 Å². The molecule has 0 radical (unpaired) electrons. The van der Waals surface area contributed by atoms with E-state index in [-0.39, 0.29) is 6.04 Å². The van der Waals surface area contributed by atoms with Crippen molar-refractivity contribution in [2.45, 2.75) is 12.5 Å². The third-order valence-electron chi connectivity index (χ3n) is 1.24. The van der Waals surface area contributed by atoms with Gasteiger partial charge in [0.2, 0.25) is 0 Å². The number of hydrogen-bond acceptors (Lipinski definition) is 3. The van der Waals surface area contributed by atoms with Crippen LogP contribution < -0.4 is 5.32 Å². The van der Waals surface area contributed by atoms with E-state index in [0.717, 1.165) is 13.2 Å². The SMILES string of the molecule is CN[C@@H](CCSPP)C(=O)O. The van der Waals surface area contributed by atoms with Crippen LogP contribution in [0.25, 0.3) is 0 Å². The van der Waals surface area contributed by atoms with E-state index in [1.54, 1.807) is 18.4 Å². The molecule has 0 saturated heterocycles. The number of likely N-dealkylation sites (N-methyl/N-ethyl adjacent to an activating group) is 1.